The highest BCUT2D eigenvalue weighted by Crippen LogP contribution is 2.27. The summed E-state index contributed by atoms with van der Waals surface area (Å²) in [5, 5.41) is 3.42. The molecule has 3 rings (SSSR count). The van der Waals surface area contributed by atoms with E-state index in [1.54, 1.807) is 6.20 Å². The fraction of sp³-hybridized carbons (Fsp3) is 0.333. The molecule has 5 nitrogen and oxygen atoms in total. The second-order valence-electron chi connectivity index (χ2n) is 5.33. The standard InChI is InChI=1S/C18H22N4O.HI/c1-3-23-17-15(8-6-11-20-17)13-21-18(19-2)22-12-10-14-7-4-5-9-16(14)22;/h4-9,11H,3,10,12-13H2,1-2H3,(H,19,21);1H. The molecule has 1 aliphatic heterocycles. The Kier molecular flexibility index (Phi) is 6.84. The molecule has 0 amide bonds. The molecule has 0 spiro atoms. The van der Waals surface area contributed by atoms with E-state index in [2.05, 4.69) is 44.5 Å². The Labute approximate surface area is 160 Å². The van der Waals surface area contributed by atoms with Crippen LogP contribution in [0.25, 0.3) is 0 Å². The molecule has 2 heterocycles. The van der Waals surface area contributed by atoms with E-state index in [0.29, 0.717) is 19.0 Å². The highest BCUT2D eigenvalue weighted by atomic mass is 127. The zero-order chi connectivity index (χ0) is 16.1. The summed E-state index contributed by atoms with van der Waals surface area (Å²) in [4.78, 5) is 10.9. The van der Waals surface area contributed by atoms with Crippen LogP contribution >= 0.6 is 24.0 Å². The first-order chi connectivity index (χ1) is 11.3. The van der Waals surface area contributed by atoms with Crippen molar-refractivity contribution in [3.05, 3.63) is 53.7 Å². The van der Waals surface area contributed by atoms with Crippen molar-refractivity contribution >= 4 is 35.6 Å². The predicted molar refractivity (Wildman–Crippen MR) is 109 cm³/mol. The molecule has 0 aliphatic carbocycles. The number of hydrogen-bond acceptors (Lipinski definition) is 3. The van der Waals surface area contributed by atoms with Gasteiger partial charge in [0.05, 0.1) is 6.61 Å². The van der Waals surface area contributed by atoms with Gasteiger partial charge in [-0.2, -0.15) is 0 Å². The SMILES string of the molecule is CCOc1ncccc1CNC(=NC)N1CCc2ccccc21.I. The fourth-order valence-electron chi connectivity index (χ4n) is 2.85. The van der Waals surface area contributed by atoms with Gasteiger partial charge in [0, 0.05) is 37.6 Å². The summed E-state index contributed by atoms with van der Waals surface area (Å²) in [7, 11) is 1.82. The van der Waals surface area contributed by atoms with Crippen molar-refractivity contribution in [1.82, 2.24) is 10.3 Å². The Bertz CT molecular complexity index is 705. The number of pyridine rings is 1. The molecule has 0 saturated carbocycles. The zero-order valence-corrected chi connectivity index (χ0v) is 16.4. The summed E-state index contributed by atoms with van der Waals surface area (Å²) in [5.74, 6) is 1.56. The normalized spacial score (nSPS) is 13.2. The van der Waals surface area contributed by atoms with E-state index in [0.717, 1.165) is 24.5 Å². The highest BCUT2D eigenvalue weighted by molar-refractivity contribution is 14.0. The third kappa shape index (κ3) is 3.98. The van der Waals surface area contributed by atoms with E-state index in [1.807, 2.05) is 26.1 Å². The number of anilines is 1. The second kappa shape index (κ2) is 8.86. The van der Waals surface area contributed by atoms with Crippen molar-refractivity contribution in [2.24, 2.45) is 4.99 Å². The Balaban J connectivity index is 0.00000208. The number of nitrogens with zero attached hydrogens (tertiary/aromatic N) is 3. The van der Waals surface area contributed by atoms with Crippen LogP contribution in [0.1, 0.15) is 18.1 Å². The van der Waals surface area contributed by atoms with Crippen molar-refractivity contribution in [2.75, 3.05) is 25.1 Å². The van der Waals surface area contributed by atoms with E-state index >= 15 is 0 Å². The van der Waals surface area contributed by atoms with Gasteiger partial charge in [0.2, 0.25) is 5.88 Å². The first kappa shape index (κ1) is 18.5. The first-order valence-electron chi connectivity index (χ1n) is 7.96. The van der Waals surface area contributed by atoms with E-state index < -0.39 is 0 Å². The molecule has 0 saturated heterocycles. The highest BCUT2D eigenvalue weighted by Gasteiger charge is 2.22. The molecule has 0 atom stereocenters. The molecule has 1 aromatic heterocycles. The van der Waals surface area contributed by atoms with Gasteiger partial charge in [-0.25, -0.2) is 4.98 Å². The summed E-state index contributed by atoms with van der Waals surface area (Å²) in [5.41, 5.74) is 3.63. The van der Waals surface area contributed by atoms with Crippen molar-refractivity contribution < 1.29 is 4.74 Å². The molecule has 2 aromatic rings. The number of fused-ring (bicyclic) bond motifs is 1. The molecule has 0 fully saturated rings. The average Bonchev–Trinajstić information content (AvgIpc) is 3.01. The number of rotatable bonds is 4. The number of ether oxygens (including phenoxy) is 1. The summed E-state index contributed by atoms with van der Waals surface area (Å²) in [6, 6.07) is 12.4. The quantitative estimate of drug-likeness (QED) is 0.453. The lowest BCUT2D eigenvalue weighted by molar-refractivity contribution is 0.322. The van der Waals surface area contributed by atoms with Gasteiger partial charge in [-0.3, -0.25) is 4.99 Å². The largest absolute Gasteiger partial charge is 0.478 e. The van der Waals surface area contributed by atoms with Gasteiger partial charge in [-0.15, -0.1) is 24.0 Å². The van der Waals surface area contributed by atoms with Crippen LogP contribution in [-0.2, 0) is 13.0 Å². The minimum absolute atomic E-state index is 0. The minimum Gasteiger partial charge on any atom is -0.478 e. The molecule has 0 bridgehead atoms. The molecular weight excluding hydrogens is 415 g/mol. The lowest BCUT2D eigenvalue weighted by atomic mass is 10.2. The summed E-state index contributed by atoms with van der Waals surface area (Å²) in [6.45, 7) is 4.16. The predicted octanol–water partition coefficient (Wildman–Crippen LogP) is 3.24. The van der Waals surface area contributed by atoms with Gasteiger partial charge in [-0.05, 0) is 31.0 Å². The Morgan fingerprint density at radius 1 is 1.29 bits per heavy atom. The van der Waals surface area contributed by atoms with Gasteiger partial charge in [-0.1, -0.05) is 24.3 Å². The summed E-state index contributed by atoms with van der Waals surface area (Å²) < 4.78 is 5.58. The van der Waals surface area contributed by atoms with E-state index in [9.17, 15) is 0 Å². The fourth-order valence-corrected chi connectivity index (χ4v) is 2.85. The number of aliphatic imine (C=N–C) groups is 1. The molecule has 1 aliphatic rings. The van der Waals surface area contributed by atoms with Gasteiger partial charge >= 0.3 is 0 Å². The number of benzene rings is 1. The van der Waals surface area contributed by atoms with Crippen LogP contribution in [0.4, 0.5) is 5.69 Å². The smallest absolute Gasteiger partial charge is 0.218 e. The third-order valence-corrected chi connectivity index (χ3v) is 3.92. The van der Waals surface area contributed by atoms with Gasteiger partial charge in [0.15, 0.2) is 5.96 Å². The molecule has 1 aromatic carbocycles. The van der Waals surface area contributed by atoms with Crippen LogP contribution in [0.3, 0.4) is 0 Å². The summed E-state index contributed by atoms with van der Waals surface area (Å²) >= 11 is 0. The zero-order valence-electron chi connectivity index (χ0n) is 14.0. The maximum Gasteiger partial charge on any atom is 0.218 e. The van der Waals surface area contributed by atoms with Gasteiger partial charge < -0.3 is 15.0 Å². The van der Waals surface area contributed by atoms with Crippen molar-refractivity contribution in [2.45, 2.75) is 19.9 Å². The van der Waals surface area contributed by atoms with Crippen LogP contribution in [0.2, 0.25) is 0 Å². The monoisotopic (exact) mass is 438 g/mol. The topological polar surface area (TPSA) is 49.8 Å². The summed E-state index contributed by atoms with van der Waals surface area (Å²) in [6.07, 6.45) is 2.80. The lowest BCUT2D eigenvalue weighted by Crippen LogP contribution is -2.40. The average molecular weight is 438 g/mol. The number of para-hydroxylation sites is 1. The third-order valence-electron chi connectivity index (χ3n) is 3.92. The Morgan fingerprint density at radius 3 is 2.92 bits per heavy atom. The van der Waals surface area contributed by atoms with Crippen molar-refractivity contribution in [1.29, 1.82) is 0 Å². The van der Waals surface area contributed by atoms with Gasteiger partial charge in [0.1, 0.15) is 0 Å². The van der Waals surface area contributed by atoms with Crippen LogP contribution < -0.4 is 15.0 Å². The lowest BCUT2D eigenvalue weighted by Gasteiger charge is -2.22. The molecule has 6 heteroatoms. The first-order valence-corrected chi connectivity index (χ1v) is 7.96. The van der Waals surface area contributed by atoms with E-state index in [-0.39, 0.29) is 24.0 Å². The molecule has 24 heavy (non-hydrogen) atoms. The number of nitrogens with one attached hydrogen (secondary N) is 1. The van der Waals surface area contributed by atoms with Crippen LogP contribution in [-0.4, -0.2) is 31.1 Å². The van der Waals surface area contributed by atoms with Crippen LogP contribution in [0.15, 0.2) is 47.6 Å². The van der Waals surface area contributed by atoms with E-state index in [4.69, 9.17) is 4.74 Å². The Morgan fingerprint density at radius 2 is 2.12 bits per heavy atom. The van der Waals surface area contributed by atoms with Crippen molar-refractivity contribution in [3.8, 4) is 5.88 Å². The number of guanidine groups is 1. The minimum atomic E-state index is 0. The maximum atomic E-state index is 5.58. The number of halogens is 1. The van der Waals surface area contributed by atoms with Gasteiger partial charge in [0.25, 0.3) is 0 Å². The molecular formula is C18H23IN4O. The number of hydrogen-bond donors (Lipinski definition) is 1. The second-order valence-corrected chi connectivity index (χ2v) is 5.33. The van der Waals surface area contributed by atoms with Crippen LogP contribution in [0, 0.1) is 0 Å². The Hall–Kier alpha value is -1.83. The maximum absolute atomic E-state index is 5.58. The van der Waals surface area contributed by atoms with Crippen molar-refractivity contribution in [3.63, 3.8) is 0 Å². The molecule has 1 N–H and O–H groups in total. The van der Waals surface area contributed by atoms with Crippen LogP contribution in [0.5, 0.6) is 5.88 Å². The molecule has 128 valence electrons. The molecule has 0 radical (unpaired) electrons. The molecule has 0 unspecified atom stereocenters. The van der Waals surface area contributed by atoms with E-state index in [1.165, 1.54) is 11.3 Å². The number of aromatic nitrogens is 1.